The fourth-order valence-electron chi connectivity index (χ4n) is 4.59. The van der Waals surface area contributed by atoms with E-state index in [2.05, 4.69) is 99.4 Å². The molecule has 0 saturated carbocycles. The first-order chi connectivity index (χ1) is 22.4. The summed E-state index contributed by atoms with van der Waals surface area (Å²) in [6.45, 7) is 16.3. The zero-order valence-corrected chi connectivity index (χ0v) is 26.8. The monoisotopic (exact) mass is 606 g/mol. The molecule has 0 aromatic heterocycles. The van der Waals surface area contributed by atoms with Crippen LogP contribution in [0, 0.1) is 0 Å². The lowest BCUT2D eigenvalue weighted by Gasteiger charge is -2.09. The number of nitrogens with zero attached hydrogens (tertiary/aromatic N) is 2. The summed E-state index contributed by atoms with van der Waals surface area (Å²) in [5.74, 6) is 1.63. The molecule has 0 bridgehead atoms. The first-order valence-corrected chi connectivity index (χ1v) is 15.1. The average Bonchev–Trinajstić information content (AvgIpc) is 3.07. The molecule has 0 amide bonds. The maximum atomic E-state index is 6.10. The maximum absolute atomic E-state index is 6.10. The van der Waals surface area contributed by atoms with Crippen molar-refractivity contribution in [2.24, 2.45) is 0 Å². The Hall–Kier alpha value is -5.74. The van der Waals surface area contributed by atoms with Crippen LogP contribution in [0.1, 0.15) is 22.3 Å². The zero-order valence-electron chi connectivity index (χ0n) is 26.8. The van der Waals surface area contributed by atoms with Crippen LogP contribution in [0.5, 0.6) is 11.5 Å². The highest BCUT2D eigenvalue weighted by Crippen LogP contribution is 2.25. The molecule has 4 aromatic rings. The van der Waals surface area contributed by atoms with Gasteiger partial charge >= 0.3 is 0 Å². The third kappa shape index (κ3) is 9.63. The average molecular weight is 607 g/mol. The largest absolute Gasteiger partial charge is 0.482 e. The number of hydrogen-bond acceptors (Lipinski definition) is 2. The van der Waals surface area contributed by atoms with Crippen molar-refractivity contribution in [1.29, 1.82) is 0 Å². The van der Waals surface area contributed by atoms with E-state index in [4.69, 9.17) is 9.47 Å². The van der Waals surface area contributed by atoms with Gasteiger partial charge in [-0.2, -0.15) is 0 Å². The van der Waals surface area contributed by atoms with Crippen molar-refractivity contribution in [3.8, 4) is 22.6 Å². The smallest absolute Gasteiger partial charge is 0.218 e. The van der Waals surface area contributed by atoms with Crippen molar-refractivity contribution in [2.45, 2.75) is 0 Å². The van der Waals surface area contributed by atoms with Gasteiger partial charge in [-0.3, -0.25) is 0 Å². The van der Waals surface area contributed by atoms with Crippen molar-refractivity contribution >= 4 is 37.7 Å². The Kier molecular flexibility index (Phi) is 12.2. The minimum Gasteiger partial charge on any atom is -0.482 e. The van der Waals surface area contributed by atoms with E-state index in [0.717, 1.165) is 56.3 Å². The van der Waals surface area contributed by atoms with Gasteiger partial charge in [-0.15, -0.1) is 0 Å². The van der Waals surface area contributed by atoms with E-state index in [1.807, 2.05) is 74.8 Å². The highest BCUT2D eigenvalue weighted by Gasteiger charge is 2.09. The molecule has 0 N–H and O–H groups in total. The predicted molar refractivity (Wildman–Crippen MR) is 197 cm³/mol. The fourth-order valence-corrected chi connectivity index (χ4v) is 4.59. The Morgan fingerprint density at radius 1 is 0.543 bits per heavy atom. The van der Waals surface area contributed by atoms with Crippen LogP contribution >= 0.6 is 0 Å². The van der Waals surface area contributed by atoms with Crippen LogP contribution in [0.15, 0.2) is 146 Å². The van der Waals surface area contributed by atoms with Gasteiger partial charge in [0.15, 0.2) is 13.2 Å². The number of allylic oxidation sites excluding steroid dienone is 4. The number of ether oxygens (including phenoxy) is 2. The summed E-state index contributed by atoms with van der Waals surface area (Å²) >= 11 is 0. The molecule has 0 aliphatic rings. The van der Waals surface area contributed by atoms with Crippen LogP contribution in [0.25, 0.3) is 35.4 Å². The van der Waals surface area contributed by atoms with E-state index in [9.17, 15) is 0 Å². The standard InChI is InChI=1S/C42H42N2O2/c1-7-13-39(43(3)4)31-45-41-17-11-9-15-37(41)29-23-33-19-25-35(26-20-33)36-27-21-34(22-28-36)24-30-38-16-10-12-18-42(38)46-32-40(14-8-2)44(5)6/h7-30H,1-3,5,31-32H2,4,6H3/q+2/b29-23+,30-24+,39-13-,40-14-. The molecule has 4 aromatic carbocycles. The Morgan fingerprint density at radius 2 is 0.913 bits per heavy atom. The summed E-state index contributed by atoms with van der Waals surface area (Å²) < 4.78 is 15.8. The van der Waals surface area contributed by atoms with E-state index < -0.39 is 0 Å². The van der Waals surface area contributed by atoms with Gasteiger partial charge in [0, 0.05) is 23.3 Å². The van der Waals surface area contributed by atoms with E-state index in [1.54, 1.807) is 21.3 Å². The number of benzene rings is 4. The summed E-state index contributed by atoms with van der Waals surface area (Å²) in [6.07, 6.45) is 15.6. The fraction of sp³-hybridized carbons (Fsp3) is 0.0952. The second kappa shape index (κ2) is 16.9. The van der Waals surface area contributed by atoms with Crippen molar-refractivity contribution in [3.63, 3.8) is 0 Å². The minimum atomic E-state index is 0.409. The topological polar surface area (TPSA) is 24.5 Å². The van der Waals surface area contributed by atoms with Crippen molar-refractivity contribution < 1.29 is 18.6 Å². The molecule has 4 nitrogen and oxygen atoms in total. The second-order valence-electron chi connectivity index (χ2n) is 10.7. The summed E-state index contributed by atoms with van der Waals surface area (Å²) in [5, 5.41) is 0. The molecule has 0 heterocycles. The van der Waals surface area contributed by atoms with Gasteiger partial charge in [0.1, 0.15) is 39.0 Å². The quantitative estimate of drug-likeness (QED) is 0.0583. The summed E-state index contributed by atoms with van der Waals surface area (Å²) in [4.78, 5) is 0. The van der Waals surface area contributed by atoms with E-state index >= 15 is 0 Å². The molecule has 0 aliphatic carbocycles. The molecule has 0 spiro atoms. The van der Waals surface area contributed by atoms with Crippen LogP contribution in [0.2, 0.25) is 0 Å². The Morgan fingerprint density at radius 3 is 1.26 bits per heavy atom. The molecule has 0 fully saturated rings. The maximum Gasteiger partial charge on any atom is 0.218 e. The first-order valence-electron chi connectivity index (χ1n) is 15.1. The lowest BCUT2D eigenvalue weighted by molar-refractivity contribution is -0.438. The Bertz CT molecular complexity index is 1670. The highest BCUT2D eigenvalue weighted by atomic mass is 16.5. The van der Waals surface area contributed by atoms with Gasteiger partial charge in [-0.05, 0) is 34.4 Å². The van der Waals surface area contributed by atoms with E-state index in [-0.39, 0.29) is 0 Å². The molecule has 46 heavy (non-hydrogen) atoms. The number of rotatable bonds is 15. The molecule has 0 aliphatic heterocycles. The molecule has 0 radical (unpaired) electrons. The predicted octanol–water partition coefficient (Wildman–Crippen LogP) is 9.28. The molecule has 0 atom stereocenters. The third-order valence-corrected chi connectivity index (χ3v) is 7.26. The second-order valence-corrected chi connectivity index (χ2v) is 10.7. The van der Waals surface area contributed by atoms with E-state index in [1.165, 1.54) is 0 Å². The number of hydrogen-bond donors (Lipinski definition) is 0. The van der Waals surface area contributed by atoms with Crippen LogP contribution in [0.3, 0.4) is 0 Å². The third-order valence-electron chi connectivity index (χ3n) is 7.26. The normalized spacial score (nSPS) is 11.9. The van der Waals surface area contributed by atoms with Gasteiger partial charge in [0.05, 0.1) is 0 Å². The number of para-hydroxylation sites is 2. The zero-order chi connectivity index (χ0) is 32.7. The lowest BCUT2D eigenvalue weighted by Crippen LogP contribution is -2.11. The van der Waals surface area contributed by atoms with Crippen LogP contribution in [0.4, 0.5) is 0 Å². The molecule has 0 saturated heterocycles. The number of likely N-dealkylation sites (N-methyl/N-ethyl adjacent to an activating group) is 2. The van der Waals surface area contributed by atoms with Gasteiger partial charge < -0.3 is 9.47 Å². The van der Waals surface area contributed by atoms with Crippen molar-refractivity contribution in [3.05, 3.63) is 168 Å². The van der Waals surface area contributed by atoms with Crippen molar-refractivity contribution in [1.82, 2.24) is 0 Å². The van der Waals surface area contributed by atoms with Gasteiger partial charge in [-0.25, -0.2) is 9.15 Å². The van der Waals surface area contributed by atoms with Crippen LogP contribution in [-0.4, -0.2) is 49.9 Å². The highest BCUT2D eigenvalue weighted by molar-refractivity contribution is 5.76. The van der Waals surface area contributed by atoms with Gasteiger partial charge in [0.2, 0.25) is 11.4 Å². The van der Waals surface area contributed by atoms with Gasteiger partial charge in [0.25, 0.3) is 0 Å². The van der Waals surface area contributed by atoms with E-state index in [0.29, 0.717) is 13.2 Å². The SMILES string of the molecule is C=C/C=C(/COc1ccccc1/C=C/c1ccc(-c2ccc(/C=C/c3ccccc3OC/C(=C/C=C)[N+](=C)C)cc2)cc1)[N+](=C)C. The van der Waals surface area contributed by atoms with Crippen LogP contribution < -0.4 is 9.47 Å². The molecule has 4 rings (SSSR count). The first kappa shape index (κ1) is 33.2. The van der Waals surface area contributed by atoms with Gasteiger partial charge in [-0.1, -0.05) is 135 Å². The summed E-state index contributed by atoms with van der Waals surface area (Å²) in [6, 6.07) is 33.1. The molecular formula is C42H42N2O2+2. The molecule has 230 valence electrons. The molecule has 4 heteroatoms. The Balaban J connectivity index is 1.40. The summed E-state index contributed by atoms with van der Waals surface area (Å²) in [5.41, 5.74) is 8.43. The molecular weight excluding hydrogens is 564 g/mol. The molecule has 0 unspecified atom stereocenters. The lowest BCUT2D eigenvalue weighted by atomic mass is 10.0. The van der Waals surface area contributed by atoms with Crippen molar-refractivity contribution in [2.75, 3.05) is 27.3 Å². The van der Waals surface area contributed by atoms with Crippen LogP contribution in [-0.2, 0) is 0 Å². The minimum absolute atomic E-state index is 0.409. The Labute approximate surface area is 273 Å². The summed E-state index contributed by atoms with van der Waals surface area (Å²) in [7, 11) is 3.78.